The lowest BCUT2D eigenvalue weighted by atomic mass is 9.93. The smallest absolute Gasteiger partial charge is 0.0645 e. The summed E-state index contributed by atoms with van der Waals surface area (Å²) >= 11 is 0. The van der Waals surface area contributed by atoms with E-state index >= 15 is 0 Å². The molecular weight excluding hydrogens is 735 g/mol. The van der Waals surface area contributed by atoms with Crippen molar-refractivity contribution in [2.45, 2.75) is 0 Å². The van der Waals surface area contributed by atoms with Crippen LogP contribution >= 0.6 is 0 Å². The van der Waals surface area contributed by atoms with Gasteiger partial charge in [-0.1, -0.05) is 200 Å². The van der Waals surface area contributed by atoms with E-state index in [0.717, 1.165) is 54.1 Å². The number of fused-ring (bicyclic) bond motifs is 4. The normalized spacial score (nSPS) is 14.0. The molecule has 0 N–H and O–H groups in total. The maximum absolute atomic E-state index is 9.76. The third-order valence-electron chi connectivity index (χ3n) is 11.1. The molecule has 0 aromatic heterocycles. The molecule has 0 radical (unpaired) electrons. The molecule has 11 aromatic rings. The van der Waals surface area contributed by atoms with Crippen molar-refractivity contribution in [3.63, 3.8) is 0 Å². The Morgan fingerprint density at radius 1 is 0.246 bits per heavy atom. The molecule has 0 unspecified atom stereocenters. The molecule has 0 heterocycles. The molecule has 0 bridgehead atoms. The number of rotatable bonds is 8. The summed E-state index contributed by atoms with van der Waals surface area (Å²) in [6.07, 6.45) is 0. The number of hydrogen-bond donors (Lipinski definition) is 0. The highest BCUT2D eigenvalue weighted by Gasteiger charge is 2.16. The van der Waals surface area contributed by atoms with Crippen LogP contribution in [-0.4, -0.2) is 0 Å². The minimum absolute atomic E-state index is 0.0458. The maximum atomic E-state index is 9.76. The fourth-order valence-electron chi connectivity index (χ4n) is 8.05. The van der Waals surface area contributed by atoms with Crippen molar-refractivity contribution in [1.82, 2.24) is 0 Å². The molecule has 0 amide bonds. The average molecular weight is 788 g/mol. The second-order valence-corrected chi connectivity index (χ2v) is 14.7. The van der Waals surface area contributed by atoms with Crippen LogP contribution in [0.15, 0.2) is 248 Å². The maximum Gasteiger partial charge on any atom is 0.0645 e. The Morgan fingerprint density at radius 2 is 0.689 bits per heavy atom. The summed E-state index contributed by atoms with van der Waals surface area (Å²) in [5.41, 5.74) is 2.66. The highest BCUT2D eigenvalue weighted by molar-refractivity contribution is 6.13. The van der Waals surface area contributed by atoms with Gasteiger partial charge < -0.3 is 4.90 Å². The van der Waals surface area contributed by atoms with E-state index < -0.39 is 89.6 Å². The third kappa shape index (κ3) is 6.93. The van der Waals surface area contributed by atoms with Gasteiger partial charge in [-0.2, -0.15) is 0 Å². The molecule has 0 atom stereocenters. The van der Waals surface area contributed by atoms with Gasteiger partial charge in [-0.25, -0.2) is 0 Å². The largest absolute Gasteiger partial charge is 0.311 e. The van der Waals surface area contributed by atoms with Crippen LogP contribution in [0, 0.1) is 0 Å². The van der Waals surface area contributed by atoms with Crippen LogP contribution in [0.3, 0.4) is 0 Å². The van der Waals surface area contributed by atoms with Crippen LogP contribution in [0.4, 0.5) is 17.1 Å². The first kappa shape index (κ1) is 25.5. The average Bonchev–Trinajstić information content (AvgIpc) is 3.42. The van der Waals surface area contributed by atoms with Gasteiger partial charge in [0.15, 0.2) is 0 Å². The number of benzene rings is 11. The van der Waals surface area contributed by atoms with Gasteiger partial charge in [-0.15, -0.1) is 0 Å². The predicted molar refractivity (Wildman–Crippen MR) is 261 cm³/mol. The van der Waals surface area contributed by atoms with E-state index in [1.54, 1.807) is 30.3 Å². The lowest BCUT2D eigenvalue weighted by Gasteiger charge is -2.26. The monoisotopic (exact) mass is 787 g/mol. The zero-order chi connectivity index (χ0) is 51.0. The van der Waals surface area contributed by atoms with Gasteiger partial charge in [0.1, 0.15) is 0 Å². The second kappa shape index (κ2) is 15.6. The topological polar surface area (TPSA) is 3.24 Å². The second-order valence-electron chi connectivity index (χ2n) is 14.7. The molecule has 1 nitrogen and oxygen atoms in total. The molecule has 0 aliphatic heterocycles. The fraction of sp³-hybridized carbons (Fsp3) is 0. The van der Waals surface area contributed by atoms with Crippen LogP contribution in [-0.2, 0) is 0 Å². The Labute approximate surface area is 373 Å². The zero-order valence-corrected chi connectivity index (χ0v) is 32.7. The molecule has 0 aliphatic rings. The summed E-state index contributed by atoms with van der Waals surface area (Å²) in [4.78, 5) is 0.864. The highest BCUT2D eigenvalue weighted by atomic mass is 15.1. The number of nitrogens with zero attached hydrogens (tertiary/aromatic N) is 1. The van der Waals surface area contributed by atoms with Crippen molar-refractivity contribution in [2.75, 3.05) is 4.90 Å². The van der Waals surface area contributed by atoms with Gasteiger partial charge >= 0.3 is 0 Å². The highest BCUT2D eigenvalue weighted by Crippen LogP contribution is 2.40. The lowest BCUT2D eigenvalue weighted by molar-refractivity contribution is 1.28. The first-order valence-electron chi connectivity index (χ1n) is 26.0. The minimum Gasteiger partial charge on any atom is -0.311 e. The Hall–Kier alpha value is -8.00. The molecule has 11 rings (SSSR count). The van der Waals surface area contributed by atoms with Crippen molar-refractivity contribution in [3.05, 3.63) is 248 Å². The SMILES string of the molecule is [2H]c1c([2H])c(N(c2c([2H])c([2H])c(-c3cccc(-c4cccc5ccccc45)c3)c([2H])c2[2H])c2c([2H])c([2H])c(-c3cc4ccccc4c4ccccc34)c([2H])c2[2H])c([2H])c([2H])c1-c1ccc(-c2ccccc2)cc1. The van der Waals surface area contributed by atoms with Gasteiger partial charge in [0, 0.05) is 17.1 Å². The summed E-state index contributed by atoms with van der Waals surface area (Å²) in [7, 11) is 0. The lowest BCUT2D eigenvalue weighted by Crippen LogP contribution is -2.09. The van der Waals surface area contributed by atoms with Crippen molar-refractivity contribution in [3.8, 4) is 55.6 Å². The summed E-state index contributed by atoms with van der Waals surface area (Å²) in [6, 6.07) is 47.3. The first-order chi connectivity index (χ1) is 35.3. The quantitative estimate of drug-likeness (QED) is 0.139. The Morgan fingerprint density at radius 3 is 1.36 bits per heavy atom. The van der Waals surface area contributed by atoms with Crippen LogP contribution in [0.25, 0.3) is 88.0 Å². The predicted octanol–water partition coefficient (Wildman–Crippen LogP) is 17.0. The molecule has 0 fully saturated rings. The van der Waals surface area contributed by atoms with Gasteiger partial charge in [-0.3, -0.25) is 0 Å². The van der Waals surface area contributed by atoms with E-state index in [2.05, 4.69) is 0 Å². The molecule has 61 heavy (non-hydrogen) atoms. The van der Waals surface area contributed by atoms with Crippen LogP contribution in [0.5, 0.6) is 0 Å². The van der Waals surface area contributed by atoms with E-state index in [1.807, 2.05) is 146 Å². The van der Waals surface area contributed by atoms with Gasteiger partial charge in [0.05, 0.1) is 16.4 Å². The van der Waals surface area contributed by atoms with E-state index in [-0.39, 0.29) is 16.7 Å². The van der Waals surface area contributed by atoms with Gasteiger partial charge in [0.2, 0.25) is 0 Å². The third-order valence-corrected chi connectivity index (χ3v) is 11.1. The van der Waals surface area contributed by atoms with Gasteiger partial charge in [-0.05, 0) is 136 Å². The summed E-state index contributed by atoms with van der Waals surface area (Å²) in [5, 5.41) is 5.19. The van der Waals surface area contributed by atoms with E-state index in [1.165, 1.54) is 0 Å². The Bertz CT molecular complexity index is 3970. The fourth-order valence-corrected chi connectivity index (χ4v) is 8.05. The van der Waals surface area contributed by atoms with Gasteiger partial charge in [0.25, 0.3) is 0 Å². The summed E-state index contributed by atoms with van der Waals surface area (Å²) in [6.45, 7) is 0. The van der Waals surface area contributed by atoms with E-state index in [9.17, 15) is 16.4 Å². The minimum atomic E-state index is -0.675. The van der Waals surface area contributed by atoms with Crippen molar-refractivity contribution in [1.29, 1.82) is 0 Å². The van der Waals surface area contributed by atoms with Crippen molar-refractivity contribution < 1.29 is 16.4 Å². The van der Waals surface area contributed by atoms with E-state index in [0.29, 0.717) is 22.1 Å². The molecule has 11 aromatic carbocycles. The van der Waals surface area contributed by atoms with Crippen molar-refractivity contribution in [2.24, 2.45) is 0 Å². The summed E-state index contributed by atoms with van der Waals surface area (Å²) < 4.78 is 116. The number of anilines is 3. The van der Waals surface area contributed by atoms with Crippen LogP contribution in [0.1, 0.15) is 16.4 Å². The Balaban J connectivity index is 1.16. The molecule has 1 heteroatoms. The van der Waals surface area contributed by atoms with Crippen LogP contribution in [0.2, 0.25) is 0 Å². The van der Waals surface area contributed by atoms with Crippen LogP contribution < -0.4 is 4.90 Å². The molecule has 0 saturated heterocycles. The zero-order valence-electron chi connectivity index (χ0n) is 44.7. The molecular formula is C60H41N. The first-order valence-corrected chi connectivity index (χ1v) is 20.0. The Kier molecular flexibility index (Phi) is 6.53. The summed E-state index contributed by atoms with van der Waals surface area (Å²) in [5.74, 6) is 0. The molecule has 286 valence electrons. The molecule has 0 spiro atoms. The molecule has 0 saturated carbocycles. The molecule has 0 aliphatic carbocycles. The number of hydrogen-bond acceptors (Lipinski definition) is 1. The van der Waals surface area contributed by atoms with E-state index in [4.69, 9.17) is 0 Å². The standard InChI is InChI=1S/C60H41N/c1-2-12-42(13-3-1)43-24-26-44(27-25-43)45-28-34-52(35-29-45)61(54-38-32-48(33-39-54)60-41-51-15-5-7-20-57(51)58-21-8-9-22-59(58)60)53-36-30-46(31-37-53)49-17-10-18-50(40-49)56-23-11-16-47-14-4-6-19-55(47)56/h1-41H/i28D,29D,30D,31D,32D,33D,34D,35D,36D,37D,38D,39D. The van der Waals surface area contributed by atoms with Crippen molar-refractivity contribution >= 4 is 49.4 Å².